The Bertz CT molecular complexity index is 204. The zero-order valence-corrected chi connectivity index (χ0v) is 10.2. The first-order chi connectivity index (χ1) is 6.11. The number of amides is 2. The molecule has 5 nitrogen and oxygen atoms in total. The zero-order valence-electron chi connectivity index (χ0n) is 8.56. The number of halogens is 2. The van der Waals surface area contributed by atoms with Gasteiger partial charge in [-0.1, -0.05) is 0 Å². The van der Waals surface area contributed by atoms with E-state index in [1.54, 1.807) is 4.90 Å². The first-order valence-electron chi connectivity index (χ1n) is 4.37. The molecule has 0 radical (unpaired) electrons. The lowest BCUT2D eigenvalue weighted by Crippen LogP contribution is -2.39. The molecule has 1 fully saturated rings. The van der Waals surface area contributed by atoms with Crippen LogP contribution in [-0.4, -0.2) is 42.9 Å². The van der Waals surface area contributed by atoms with E-state index in [1.807, 2.05) is 0 Å². The largest absolute Gasteiger partial charge is 0.369 e. The van der Waals surface area contributed by atoms with Crippen molar-refractivity contribution in [2.24, 2.45) is 11.7 Å². The van der Waals surface area contributed by atoms with Gasteiger partial charge in [0.1, 0.15) is 0 Å². The summed E-state index contributed by atoms with van der Waals surface area (Å²) in [7, 11) is 0. The van der Waals surface area contributed by atoms with Gasteiger partial charge < -0.3 is 16.0 Å². The smallest absolute Gasteiger partial charge is 0.223 e. The number of hydrogen-bond acceptors (Lipinski definition) is 3. The van der Waals surface area contributed by atoms with Crippen LogP contribution in [0.15, 0.2) is 0 Å². The normalized spacial score (nSPS) is 20.6. The van der Waals surface area contributed by atoms with Gasteiger partial charge in [0.15, 0.2) is 0 Å². The van der Waals surface area contributed by atoms with Gasteiger partial charge in [-0.3, -0.25) is 9.59 Å². The van der Waals surface area contributed by atoms with Crippen molar-refractivity contribution in [3.8, 4) is 0 Å². The molecule has 1 aliphatic heterocycles. The van der Waals surface area contributed by atoms with Crippen LogP contribution < -0.4 is 11.1 Å². The van der Waals surface area contributed by atoms with Crippen LogP contribution in [0.3, 0.4) is 0 Å². The number of carbonyl (C=O) groups is 2. The van der Waals surface area contributed by atoms with E-state index in [9.17, 15) is 9.59 Å². The van der Waals surface area contributed by atoms with Crippen molar-refractivity contribution in [2.75, 3.05) is 26.2 Å². The molecule has 3 N–H and O–H groups in total. The molecule has 1 atom stereocenters. The van der Waals surface area contributed by atoms with E-state index in [2.05, 4.69) is 5.32 Å². The quantitative estimate of drug-likeness (QED) is 0.658. The fourth-order valence-corrected chi connectivity index (χ4v) is 1.39. The summed E-state index contributed by atoms with van der Waals surface area (Å²) in [4.78, 5) is 23.6. The molecule has 15 heavy (non-hydrogen) atoms. The lowest BCUT2D eigenvalue weighted by molar-refractivity contribution is -0.130. The number of hydrogen-bond donors (Lipinski definition) is 2. The minimum atomic E-state index is -0.347. The highest BCUT2D eigenvalue weighted by molar-refractivity contribution is 5.85. The number of carbonyl (C=O) groups excluding carboxylic acids is 2. The Morgan fingerprint density at radius 3 is 2.47 bits per heavy atom. The summed E-state index contributed by atoms with van der Waals surface area (Å²) in [5.41, 5.74) is 5.18. The molecular weight excluding hydrogens is 241 g/mol. The van der Waals surface area contributed by atoms with E-state index in [-0.39, 0.29) is 42.5 Å². The van der Waals surface area contributed by atoms with Crippen LogP contribution in [0.2, 0.25) is 0 Å². The zero-order chi connectivity index (χ0) is 9.84. The summed E-state index contributed by atoms with van der Waals surface area (Å²) in [5, 5.41) is 3.07. The SMILES string of the molecule is CC(=O)N1CCNCC(C(N)=O)C1.Cl.Cl. The van der Waals surface area contributed by atoms with Crippen LogP contribution in [0.1, 0.15) is 6.92 Å². The predicted octanol–water partition coefficient (Wildman–Crippen LogP) is -0.617. The molecule has 1 aliphatic rings. The molecule has 90 valence electrons. The van der Waals surface area contributed by atoms with Crippen molar-refractivity contribution in [2.45, 2.75) is 6.92 Å². The molecule has 0 aromatic carbocycles. The molecule has 1 unspecified atom stereocenters. The number of primary amides is 1. The second-order valence-corrected chi connectivity index (χ2v) is 3.27. The van der Waals surface area contributed by atoms with Gasteiger partial charge in [-0.15, -0.1) is 24.8 Å². The molecule has 1 heterocycles. The number of nitrogens with zero attached hydrogens (tertiary/aromatic N) is 1. The molecule has 2 amide bonds. The highest BCUT2D eigenvalue weighted by atomic mass is 35.5. The van der Waals surface area contributed by atoms with Crippen LogP contribution in [0, 0.1) is 5.92 Å². The third-order valence-corrected chi connectivity index (χ3v) is 2.24. The minimum Gasteiger partial charge on any atom is -0.369 e. The molecule has 0 aromatic rings. The van der Waals surface area contributed by atoms with Crippen molar-refractivity contribution in [1.29, 1.82) is 0 Å². The maximum atomic E-state index is 11.1. The average molecular weight is 258 g/mol. The van der Waals surface area contributed by atoms with E-state index in [0.29, 0.717) is 19.6 Å². The Balaban J connectivity index is 0. The van der Waals surface area contributed by atoms with Gasteiger partial charge in [0, 0.05) is 33.1 Å². The van der Waals surface area contributed by atoms with Crippen LogP contribution in [0.5, 0.6) is 0 Å². The second-order valence-electron chi connectivity index (χ2n) is 3.27. The topological polar surface area (TPSA) is 75.4 Å². The molecule has 0 aromatic heterocycles. The van der Waals surface area contributed by atoms with E-state index in [1.165, 1.54) is 6.92 Å². The number of nitrogens with one attached hydrogen (secondary N) is 1. The summed E-state index contributed by atoms with van der Waals surface area (Å²) >= 11 is 0. The predicted molar refractivity (Wildman–Crippen MR) is 62.3 cm³/mol. The molecule has 1 saturated heterocycles. The van der Waals surface area contributed by atoms with E-state index >= 15 is 0 Å². The molecule has 1 rings (SSSR count). The monoisotopic (exact) mass is 257 g/mol. The fraction of sp³-hybridized carbons (Fsp3) is 0.750. The van der Waals surface area contributed by atoms with Crippen molar-refractivity contribution < 1.29 is 9.59 Å². The summed E-state index contributed by atoms with van der Waals surface area (Å²) in [6, 6.07) is 0. The van der Waals surface area contributed by atoms with Crippen LogP contribution in [0.4, 0.5) is 0 Å². The van der Waals surface area contributed by atoms with Gasteiger partial charge in [-0.25, -0.2) is 0 Å². The number of rotatable bonds is 1. The van der Waals surface area contributed by atoms with Crippen molar-refractivity contribution in [3.05, 3.63) is 0 Å². The fourth-order valence-electron chi connectivity index (χ4n) is 1.39. The Morgan fingerprint density at radius 1 is 1.40 bits per heavy atom. The second kappa shape index (κ2) is 7.73. The standard InChI is InChI=1S/C8H15N3O2.2ClH/c1-6(12)11-3-2-10-4-7(5-11)8(9)13;;/h7,10H,2-5H2,1H3,(H2,9,13);2*1H. The van der Waals surface area contributed by atoms with E-state index in [4.69, 9.17) is 5.73 Å². The lowest BCUT2D eigenvalue weighted by Gasteiger charge is -2.20. The molecule has 0 bridgehead atoms. The van der Waals surface area contributed by atoms with Gasteiger partial charge in [-0.2, -0.15) is 0 Å². The highest BCUT2D eigenvalue weighted by Crippen LogP contribution is 2.03. The Kier molecular flexibility index (Phi) is 8.71. The van der Waals surface area contributed by atoms with Crippen LogP contribution in [-0.2, 0) is 9.59 Å². The summed E-state index contributed by atoms with van der Waals surface area (Å²) < 4.78 is 0. The van der Waals surface area contributed by atoms with Gasteiger partial charge in [-0.05, 0) is 0 Å². The summed E-state index contributed by atoms with van der Waals surface area (Å²) in [5.74, 6) is -0.609. The minimum absolute atomic E-state index is 0. The maximum absolute atomic E-state index is 11.1. The van der Waals surface area contributed by atoms with Crippen molar-refractivity contribution >= 4 is 36.6 Å². The third-order valence-electron chi connectivity index (χ3n) is 2.24. The maximum Gasteiger partial charge on any atom is 0.223 e. The van der Waals surface area contributed by atoms with Crippen LogP contribution >= 0.6 is 24.8 Å². The first-order valence-corrected chi connectivity index (χ1v) is 4.37. The molecule has 0 saturated carbocycles. The van der Waals surface area contributed by atoms with E-state index < -0.39 is 0 Å². The Morgan fingerprint density at radius 2 is 2.00 bits per heavy atom. The first kappa shape index (κ1) is 16.9. The van der Waals surface area contributed by atoms with Gasteiger partial charge >= 0.3 is 0 Å². The van der Waals surface area contributed by atoms with Crippen molar-refractivity contribution in [1.82, 2.24) is 10.2 Å². The van der Waals surface area contributed by atoms with Gasteiger partial charge in [0.05, 0.1) is 5.92 Å². The molecule has 7 heteroatoms. The molecule has 0 aliphatic carbocycles. The summed E-state index contributed by atoms with van der Waals surface area (Å²) in [6.45, 7) is 3.89. The molecule has 0 spiro atoms. The van der Waals surface area contributed by atoms with Crippen molar-refractivity contribution in [3.63, 3.8) is 0 Å². The molecular formula is C8H17Cl2N3O2. The highest BCUT2D eigenvalue weighted by Gasteiger charge is 2.22. The lowest BCUT2D eigenvalue weighted by atomic mass is 10.1. The van der Waals surface area contributed by atoms with Gasteiger partial charge in [0.2, 0.25) is 11.8 Å². The third kappa shape index (κ3) is 5.20. The van der Waals surface area contributed by atoms with Gasteiger partial charge in [0.25, 0.3) is 0 Å². The average Bonchev–Trinajstić information content (AvgIpc) is 2.28. The van der Waals surface area contributed by atoms with Crippen LogP contribution in [0.25, 0.3) is 0 Å². The number of nitrogens with two attached hydrogens (primary N) is 1. The Labute approximate surface area is 102 Å². The van der Waals surface area contributed by atoms with E-state index in [0.717, 1.165) is 6.54 Å². The Hall–Kier alpha value is -0.520. The summed E-state index contributed by atoms with van der Waals surface area (Å²) in [6.07, 6.45) is 0.